The summed E-state index contributed by atoms with van der Waals surface area (Å²) < 4.78 is 32.6. The number of benzene rings is 2. The molecular weight excluding hydrogens is 398 g/mol. The van der Waals surface area contributed by atoms with E-state index in [2.05, 4.69) is 5.32 Å². The van der Waals surface area contributed by atoms with Gasteiger partial charge in [0, 0.05) is 24.4 Å². The van der Waals surface area contributed by atoms with E-state index >= 15 is 0 Å². The number of para-hydroxylation sites is 1. The third-order valence-corrected chi connectivity index (χ3v) is 6.70. The first-order valence-electron chi connectivity index (χ1n) is 9.05. The van der Waals surface area contributed by atoms with Crippen LogP contribution in [0.2, 0.25) is 0 Å². The van der Waals surface area contributed by atoms with Gasteiger partial charge in [0.15, 0.2) is 4.90 Å². The summed E-state index contributed by atoms with van der Waals surface area (Å²) in [7, 11) is -2.73. The van der Waals surface area contributed by atoms with Crippen LogP contribution >= 0.6 is 0 Å². The van der Waals surface area contributed by atoms with E-state index in [1.54, 1.807) is 24.3 Å². The van der Waals surface area contributed by atoms with E-state index in [0.717, 1.165) is 10.4 Å². The normalized spacial score (nSPS) is 17.5. The zero-order valence-electron chi connectivity index (χ0n) is 15.8. The first-order valence-corrected chi connectivity index (χ1v) is 10.5. The van der Waals surface area contributed by atoms with Gasteiger partial charge in [-0.1, -0.05) is 24.6 Å². The molecule has 1 heterocycles. The van der Waals surface area contributed by atoms with Crippen molar-refractivity contribution in [1.29, 1.82) is 0 Å². The largest absolute Gasteiger partial charge is 0.497 e. The standard InChI is InChI=1S/C19H21N3O6S/c1-28-15-8-6-7-14(13-15)20-19(23)17-10-4-5-12-21(17)29(26,27)18-11-3-2-9-16(18)22(24)25/h2-3,6-9,11,13,17H,4-5,10,12H2,1H3,(H,20,23). The molecule has 0 bridgehead atoms. The minimum Gasteiger partial charge on any atom is -0.497 e. The molecule has 2 aromatic carbocycles. The summed E-state index contributed by atoms with van der Waals surface area (Å²) in [6.45, 7) is 0.116. The Morgan fingerprint density at radius 1 is 1.21 bits per heavy atom. The lowest BCUT2D eigenvalue weighted by molar-refractivity contribution is -0.387. The quantitative estimate of drug-likeness (QED) is 0.568. The molecule has 1 amide bonds. The van der Waals surface area contributed by atoms with Gasteiger partial charge >= 0.3 is 0 Å². The van der Waals surface area contributed by atoms with Crippen molar-refractivity contribution in [1.82, 2.24) is 4.31 Å². The Kier molecular flexibility index (Phi) is 6.14. The summed E-state index contributed by atoms with van der Waals surface area (Å²) in [5, 5.41) is 14.0. The number of methoxy groups -OCH3 is 1. The predicted molar refractivity (Wildman–Crippen MR) is 106 cm³/mol. The highest BCUT2D eigenvalue weighted by molar-refractivity contribution is 7.89. The van der Waals surface area contributed by atoms with E-state index in [4.69, 9.17) is 4.74 Å². The summed E-state index contributed by atoms with van der Waals surface area (Å²) in [5.41, 5.74) is -0.0343. The topological polar surface area (TPSA) is 119 Å². The SMILES string of the molecule is COc1cccc(NC(=O)C2CCCCN2S(=O)(=O)c2ccccc2[N+](=O)[O-])c1. The highest BCUT2D eigenvalue weighted by atomic mass is 32.2. The first-order chi connectivity index (χ1) is 13.8. The molecule has 1 unspecified atom stereocenters. The molecule has 29 heavy (non-hydrogen) atoms. The zero-order chi connectivity index (χ0) is 21.0. The fraction of sp³-hybridized carbons (Fsp3) is 0.316. The fourth-order valence-electron chi connectivity index (χ4n) is 3.33. The Morgan fingerprint density at radius 3 is 2.69 bits per heavy atom. The van der Waals surface area contributed by atoms with Crippen molar-refractivity contribution < 1.29 is 22.9 Å². The van der Waals surface area contributed by atoms with Gasteiger partial charge in [0.05, 0.1) is 12.0 Å². The number of carbonyl (C=O) groups is 1. The maximum absolute atomic E-state index is 13.2. The molecule has 154 valence electrons. The van der Waals surface area contributed by atoms with E-state index in [1.807, 2.05) is 0 Å². The number of nitrogens with zero attached hydrogens (tertiary/aromatic N) is 2. The smallest absolute Gasteiger partial charge is 0.289 e. The molecule has 1 atom stereocenters. The van der Waals surface area contributed by atoms with E-state index < -0.39 is 37.5 Å². The molecule has 0 saturated carbocycles. The van der Waals surface area contributed by atoms with Gasteiger partial charge < -0.3 is 10.1 Å². The van der Waals surface area contributed by atoms with Crippen LogP contribution in [-0.2, 0) is 14.8 Å². The second-order valence-corrected chi connectivity index (χ2v) is 8.43. The average Bonchev–Trinajstić information content (AvgIpc) is 2.73. The van der Waals surface area contributed by atoms with Crippen molar-refractivity contribution in [2.24, 2.45) is 0 Å². The number of piperidine rings is 1. The van der Waals surface area contributed by atoms with Crippen LogP contribution in [0, 0.1) is 10.1 Å². The maximum atomic E-state index is 13.2. The van der Waals surface area contributed by atoms with Gasteiger partial charge in [-0.2, -0.15) is 4.31 Å². The minimum atomic E-state index is -4.23. The van der Waals surface area contributed by atoms with Crippen LogP contribution in [0.15, 0.2) is 53.4 Å². The number of anilines is 1. The highest BCUT2D eigenvalue weighted by Gasteiger charge is 2.40. The van der Waals surface area contributed by atoms with Crippen LogP contribution in [0.1, 0.15) is 19.3 Å². The van der Waals surface area contributed by atoms with Crippen molar-refractivity contribution in [3.05, 3.63) is 58.6 Å². The third-order valence-electron chi connectivity index (χ3n) is 4.74. The Balaban J connectivity index is 1.91. The summed E-state index contributed by atoms with van der Waals surface area (Å²) in [4.78, 5) is 23.0. The number of hydrogen-bond donors (Lipinski definition) is 1. The molecule has 1 saturated heterocycles. The van der Waals surface area contributed by atoms with Gasteiger partial charge in [-0.15, -0.1) is 0 Å². The summed E-state index contributed by atoms with van der Waals surface area (Å²) in [5.74, 6) is 0.0657. The van der Waals surface area contributed by atoms with Crippen molar-refractivity contribution in [2.75, 3.05) is 19.0 Å². The molecule has 3 rings (SSSR count). The molecule has 0 aliphatic carbocycles. The number of rotatable bonds is 6. The van der Waals surface area contributed by atoms with Crippen molar-refractivity contribution in [3.8, 4) is 5.75 Å². The number of nitro benzene ring substituents is 1. The molecule has 1 aliphatic rings. The number of hydrogen-bond acceptors (Lipinski definition) is 6. The summed E-state index contributed by atoms with van der Waals surface area (Å²) >= 11 is 0. The molecule has 0 radical (unpaired) electrons. The Hall–Kier alpha value is -2.98. The Bertz CT molecular complexity index is 1020. The molecule has 1 fully saturated rings. The van der Waals surface area contributed by atoms with Crippen molar-refractivity contribution >= 4 is 27.3 Å². The van der Waals surface area contributed by atoms with Gasteiger partial charge in [0.25, 0.3) is 15.7 Å². The van der Waals surface area contributed by atoms with E-state index in [1.165, 1.54) is 25.3 Å². The lowest BCUT2D eigenvalue weighted by Gasteiger charge is -2.33. The molecule has 10 heteroatoms. The number of sulfonamides is 1. The molecular formula is C19H21N3O6S. The van der Waals surface area contributed by atoms with E-state index in [9.17, 15) is 23.3 Å². The predicted octanol–water partition coefficient (Wildman–Crippen LogP) is 2.79. The third kappa shape index (κ3) is 4.38. The van der Waals surface area contributed by atoms with Gasteiger partial charge in [-0.05, 0) is 31.0 Å². The Labute approximate surface area is 168 Å². The lowest BCUT2D eigenvalue weighted by atomic mass is 10.0. The van der Waals surface area contributed by atoms with E-state index in [-0.39, 0.29) is 6.54 Å². The highest BCUT2D eigenvalue weighted by Crippen LogP contribution is 2.31. The molecule has 9 nitrogen and oxygen atoms in total. The number of ether oxygens (including phenoxy) is 1. The van der Waals surface area contributed by atoms with Crippen molar-refractivity contribution in [2.45, 2.75) is 30.2 Å². The maximum Gasteiger partial charge on any atom is 0.289 e. The fourth-order valence-corrected chi connectivity index (χ4v) is 5.15. The zero-order valence-corrected chi connectivity index (χ0v) is 16.6. The first kappa shape index (κ1) is 20.7. The number of amides is 1. The summed E-state index contributed by atoms with van der Waals surface area (Å²) in [6, 6.07) is 10.9. The lowest BCUT2D eigenvalue weighted by Crippen LogP contribution is -2.49. The number of nitro groups is 1. The van der Waals surface area contributed by atoms with Crippen LogP contribution in [0.25, 0.3) is 0 Å². The number of nitrogens with one attached hydrogen (secondary N) is 1. The van der Waals surface area contributed by atoms with E-state index in [0.29, 0.717) is 30.7 Å². The molecule has 0 aromatic heterocycles. The molecule has 1 N–H and O–H groups in total. The minimum absolute atomic E-state index is 0.116. The van der Waals surface area contributed by atoms with Gasteiger partial charge in [-0.3, -0.25) is 14.9 Å². The second-order valence-electron chi connectivity index (χ2n) is 6.57. The van der Waals surface area contributed by atoms with Crippen LogP contribution in [0.3, 0.4) is 0 Å². The number of carbonyl (C=O) groups excluding carboxylic acids is 1. The second kappa shape index (κ2) is 8.58. The van der Waals surface area contributed by atoms with Gasteiger partial charge in [-0.25, -0.2) is 8.42 Å². The monoisotopic (exact) mass is 419 g/mol. The van der Waals surface area contributed by atoms with Crippen molar-refractivity contribution in [3.63, 3.8) is 0 Å². The molecule has 2 aromatic rings. The van der Waals surface area contributed by atoms with Crippen LogP contribution in [-0.4, -0.2) is 43.2 Å². The Morgan fingerprint density at radius 2 is 1.97 bits per heavy atom. The van der Waals surface area contributed by atoms with Crippen LogP contribution in [0.5, 0.6) is 5.75 Å². The van der Waals surface area contributed by atoms with Crippen LogP contribution < -0.4 is 10.1 Å². The van der Waals surface area contributed by atoms with Crippen LogP contribution in [0.4, 0.5) is 11.4 Å². The average molecular weight is 419 g/mol. The summed E-state index contributed by atoms with van der Waals surface area (Å²) in [6.07, 6.45) is 1.58. The molecule has 1 aliphatic heterocycles. The van der Waals surface area contributed by atoms with Gasteiger partial charge in [0.1, 0.15) is 11.8 Å². The van der Waals surface area contributed by atoms with Gasteiger partial charge in [0.2, 0.25) is 5.91 Å². The molecule has 0 spiro atoms.